The molecule has 0 radical (unpaired) electrons. The number of rotatable bonds is 3. The highest BCUT2D eigenvalue weighted by Gasteiger charge is 2.18. The van der Waals surface area contributed by atoms with Gasteiger partial charge in [0.2, 0.25) is 0 Å². The van der Waals surface area contributed by atoms with Crippen LogP contribution in [0.4, 0.5) is 0 Å². The Kier molecular flexibility index (Phi) is 4.02. The summed E-state index contributed by atoms with van der Waals surface area (Å²) in [6, 6.07) is 0.174. The van der Waals surface area contributed by atoms with Gasteiger partial charge in [0.05, 0.1) is 6.61 Å². The van der Waals surface area contributed by atoms with Crippen LogP contribution in [0.3, 0.4) is 0 Å². The fourth-order valence-corrected chi connectivity index (χ4v) is 2.35. The van der Waals surface area contributed by atoms with E-state index in [0.29, 0.717) is 5.92 Å². The average molecular weight is 222 g/mol. The van der Waals surface area contributed by atoms with Gasteiger partial charge in [0.15, 0.2) is 0 Å². The van der Waals surface area contributed by atoms with E-state index in [1.165, 1.54) is 19.4 Å². The van der Waals surface area contributed by atoms with Crippen LogP contribution in [-0.2, 0) is 4.74 Å². The first-order chi connectivity index (χ1) is 7.74. The molecule has 1 aliphatic carbocycles. The molecule has 90 valence electrons. The van der Waals surface area contributed by atoms with Gasteiger partial charge in [-0.1, -0.05) is 6.08 Å². The molecule has 0 aromatic carbocycles. The molecule has 0 amide bonds. The van der Waals surface area contributed by atoms with Gasteiger partial charge in [0, 0.05) is 18.5 Å². The highest BCUT2D eigenvalue weighted by atomic mass is 16.5. The highest BCUT2D eigenvalue weighted by molar-refractivity contribution is 5.19. The first-order valence-corrected chi connectivity index (χ1v) is 6.19. The fourth-order valence-electron chi connectivity index (χ4n) is 2.35. The third-order valence-electron chi connectivity index (χ3n) is 3.31. The summed E-state index contributed by atoms with van der Waals surface area (Å²) in [5.74, 6) is 1.68. The molecule has 1 heterocycles. The maximum atomic E-state index is 5.81. The number of allylic oxidation sites excluding steroid dienone is 1. The molecule has 0 saturated carbocycles. The first kappa shape index (κ1) is 11.7. The van der Waals surface area contributed by atoms with E-state index in [4.69, 9.17) is 10.5 Å². The van der Waals surface area contributed by atoms with E-state index < -0.39 is 0 Å². The van der Waals surface area contributed by atoms with Crippen LogP contribution in [0.25, 0.3) is 0 Å². The van der Waals surface area contributed by atoms with Crippen molar-refractivity contribution in [1.29, 1.82) is 0 Å². The lowest BCUT2D eigenvalue weighted by atomic mass is 9.99. The Balaban J connectivity index is 1.73. The second-order valence-electron chi connectivity index (χ2n) is 4.95. The third kappa shape index (κ3) is 3.35. The van der Waals surface area contributed by atoms with Crippen molar-refractivity contribution in [2.24, 2.45) is 11.7 Å². The molecule has 1 fully saturated rings. The molecule has 2 unspecified atom stereocenters. The molecule has 3 heteroatoms. The summed E-state index contributed by atoms with van der Waals surface area (Å²) < 4.78 is 5.81. The second kappa shape index (κ2) is 5.51. The summed E-state index contributed by atoms with van der Waals surface area (Å²) >= 11 is 0. The van der Waals surface area contributed by atoms with Gasteiger partial charge in [-0.05, 0) is 45.0 Å². The van der Waals surface area contributed by atoms with Crippen molar-refractivity contribution in [3.8, 4) is 0 Å². The third-order valence-corrected chi connectivity index (χ3v) is 3.31. The van der Waals surface area contributed by atoms with Gasteiger partial charge in [0.1, 0.15) is 5.76 Å². The lowest BCUT2D eigenvalue weighted by molar-refractivity contribution is 0.114. The smallest absolute Gasteiger partial charge is 0.115 e. The van der Waals surface area contributed by atoms with Crippen molar-refractivity contribution < 1.29 is 4.74 Å². The van der Waals surface area contributed by atoms with Gasteiger partial charge in [-0.3, -0.25) is 0 Å². The summed E-state index contributed by atoms with van der Waals surface area (Å²) in [7, 11) is 2.19. The van der Waals surface area contributed by atoms with E-state index in [-0.39, 0.29) is 6.04 Å². The Bertz CT molecular complexity index is 286. The lowest BCUT2D eigenvalue weighted by Gasteiger charge is -2.29. The van der Waals surface area contributed by atoms with E-state index in [2.05, 4.69) is 18.0 Å². The molecule has 16 heavy (non-hydrogen) atoms. The van der Waals surface area contributed by atoms with Gasteiger partial charge in [-0.2, -0.15) is 0 Å². The monoisotopic (exact) mass is 222 g/mol. The minimum atomic E-state index is 0.174. The summed E-state index contributed by atoms with van der Waals surface area (Å²) in [5, 5.41) is 0. The molecule has 1 aliphatic heterocycles. The van der Waals surface area contributed by atoms with Crippen LogP contribution >= 0.6 is 0 Å². The Morgan fingerprint density at radius 3 is 3.12 bits per heavy atom. The van der Waals surface area contributed by atoms with Gasteiger partial charge in [0.25, 0.3) is 0 Å². The molecule has 2 atom stereocenters. The molecule has 1 saturated heterocycles. The Labute approximate surface area is 97.9 Å². The Hall–Kier alpha value is -0.800. The number of hydrogen-bond donors (Lipinski definition) is 1. The zero-order valence-electron chi connectivity index (χ0n) is 10.1. The maximum Gasteiger partial charge on any atom is 0.115 e. The summed E-state index contributed by atoms with van der Waals surface area (Å²) in [5.41, 5.74) is 5.76. The molecular formula is C13H22N2O. The fraction of sp³-hybridized carbons (Fsp3) is 0.692. The maximum absolute atomic E-state index is 5.81. The number of ether oxygens (including phenoxy) is 1. The van der Waals surface area contributed by atoms with E-state index in [0.717, 1.165) is 25.3 Å². The topological polar surface area (TPSA) is 38.5 Å². The molecule has 2 aliphatic rings. The molecule has 2 N–H and O–H groups in total. The van der Waals surface area contributed by atoms with E-state index >= 15 is 0 Å². The Morgan fingerprint density at radius 2 is 2.44 bits per heavy atom. The minimum Gasteiger partial charge on any atom is -0.494 e. The molecule has 0 bridgehead atoms. The van der Waals surface area contributed by atoms with E-state index in [9.17, 15) is 0 Å². The van der Waals surface area contributed by atoms with Gasteiger partial charge >= 0.3 is 0 Å². The van der Waals surface area contributed by atoms with Crippen molar-refractivity contribution in [2.45, 2.75) is 25.3 Å². The van der Waals surface area contributed by atoms with Crippen molar-refractivity contribution in [1.82, 2.24) is 4.90 Å². The SMILES string of the molecule is CN1CCCC(COC2=CCC(N)C=C2)C1. The second-order valence-corrected chi connectivity index (χ2v) is 4.95. The molecule has 0 aromatic heterocycles. The number of likely N-dealkylation sites (tertiary alicyclic amines) is 1. The first-order valence-electron chi connectivity index (χ1n) is 6.19. The van der Waals surface area contributed by atoms with Crippen molar-refractivity contribution >= 4 is 0 Å². The number of nitrogens with two attached hydrogens (primary N) is 1. The minimum absolute atomic E-state index is 0.174. The van der Waals surface area contributed by atoms with Crippen molar-refractivity contribution in [2.75, 3.05) is 26.7 Å². The number of piperidine rings is 1. The van der Waals surface area contributed by atoms with Crippen LogP contribution in [-0.4, -0.2) is 37.7 Å². The zero-order chi connectivity index (χ0) is 11.4. The number of hydrogen-bond acceptors (Lipinski definition) is 3. The summed E-state index contributed by atoms with van der Waals surface area (Å²) in [6.07, 6.45) is 9.60. The largest absolute Gasteiger partial charge is 0.494 e. The van der Waals surface area contributed by atoms with Gasteiger partial charge < -0.3 is 15.4 Å². The summed E-state index contributed by atoms with van der Waals surface area (Å²) in [6.45, 7) is 3.24. The van der Waals surface area contributed by atoms with Gasteiger partial charge in [-0.25, -0.2) is 0 Å². The van der Waals surface area contributed by atoms with Gasteiger partial charge in [-0.15, -0.1) is 0 Å². The predicted octanol–water partition coefficient (Wildman–Crippen LogP) is 1.52. The number of nitrogens with zero attached hydrogens (tertiary/aromatic N) is 1. The van der Waals surface area contributed by atoms with E-state index in [1.54, 1.807) is 0 Å². The van der Waals surface area contributed by atoms with Crippen molar-refractivity contribution in [3.63, 3.8) is 0 Å². The van der Waals surface area contributed by atoms with Crippen LogP contribution in [0.15, 0.2) is 24.0 Å². The Morgan fingerprint density at radius 1 is 1.56 bits per heavy atom. The summed E-state index contributed by atoms with van der Waals surface area (Å²) in [4.78, 5) is 2.39. The molecular weight excluding hydrogens is 200 g/mol. The highest BCUT2D eigenvalue weighted by Crippen LogP contribution is 2.18. The predicted molar refractivity (Wildman–Crippen MR) is 66.0 cm³/mol. The van der Waals surface area contributed by atoms with E-state index in [1.807, 2.05) is 12.2 Å². The van der Waals surface area contributed by atoms with Crippen molar-refractivity contribution in [3.05, 3.63) is 24.0 Å². The molecule has 3 nitrogen and oxygen atoms in total. The van der Waals surface area contributed by atoms with Crippen LogP contribution in [0.2, 0.25) is 0 Å². The molecule has 0 aromatic rings. The standard InChI is InChI=1S/C13H22N2O/c1-15-8-2-3-11(9-15)10-16-13-6-4-12(14)5-7-13/h4,6-7,11-12H,2-3,5,8-10,14H2,1H3. The van der Waals surface area contributed by atoms with Crippen LogP contribution < -0.4 is 5.73 Å². The quantitative estimate of drug-likeness (QED) is 0.787. The van der Waals surface area contributed by atoms with Crippen LogP contribution in [0.5, 0.6) is 0 Å². The average Bonchev–Trinajstić information content (AvgIpc) is 2.28. The molecule has 2 rings (SSSR count). The normalized spacial score (nSPS) is 31.2. The lowest BCUT2D eigenvalue weighted by Crippen LogP contribution is -2.34. The van der Waals surface area contributed by atoms with Crippen LogP contribution in [0.1, 0.15) is 19.3 Å². The molecule has 0 spiro atoms. The van der Waals surface area contributed by atoms with Crippen LogP contribution in [0, 0.1) is 5.92 Å². The zero-order valence-corrected chi connectivity index (χ0v) is 10.1.